The molecule has 1 atom stereocenters. The van der Waals surface area contributed by atoms with Crippen LogP contribution in [0.1, 0.15) is 42.0 Å². The Morgan fingerprint density at radius 1 is 1.29 bits per heavy atom. The smallest absolute Gasteiger partial charge is 0.244 e. The van der Waals surface area contributed by atoms with E-state index < -0.39 is 0 Å². The van der Waals surface area contributed by atoms with Crippen molar-refractivity contribution in [1.82, 2.24) is 5.32 Å². The summed E-state index contributed by atoms with van der Waals surface area (Å²) in [6.07, 6.45) is 4.35. The predicted octanol–water partition coefficient (Wildman–Crippen LogP) is 3.36. The van der Waals surface area contributed by atoms with E-state index in [-0.39, 0.29) is 17.9 Å². The maximum atomic E-state index is 12.0. The summed E-state index contributed by atoms with van der Waals surface area (Å²) in [5.41, 5.74) is 2.98. The second-order valence-corrected chi connectivity index (χ2v) is 5.98. The third-order valence-electron chi connectivity index (χ3n) is 4.04. The van der Waals surface area contributed by atoms with Crippen LogP contribution in [-0.4, -0.2) is 11.8 Å². The number of aryl methyl sites for hydroxylation is 2. The number of carbonyl (C=O) groups excluding carboxylic acids is 2. The lowest BCUT2D eigenvalue weighted by Crippen LogP contribution is -2.25. The van der Waals surface area contributed by atoms with Gasteiger partial charge in [-0.25, -0.2) is 0 Å². The molecule has 1 unspecified atom stereocenters. The standard InChI is InChI=1S/C19H20N2O3/c1-12-3-6-16(24-12)7-10-18(22)20-13(2)14-4-8-17-15(11-14)5-9-19(23)21-17/h3-4,6-8,10-11,13H,5,9H2,1-2H3,(H,20,22)(H,21,23). The second-order valence-electron chi connectivity index (χ2n) is 5.98. The third kappa shape index (κ3) is 3.74. The highest BCUT2D eigenvalue weighted by Crippen LogP contribution is 2.26. The van der Waals surface area contributed by atoms with Gasteiger partial charge in [-0.15, -0.1) is 0 Å². The van der Waals surface area contributed by atoms with E-state index >= 15 is 0 Å². The lowest BCUT2D eigenvalue weighted by molar-refractivity contribution is -0.117. The molecule has 2 heterocycles. The molecule has 5 heteroatoms. The molecule has 2 aromatic rings. The fourth-order valence-electron chi connectivity index (χ4n) is 2.72. The number of benzene rings is 1. The number of hydrogen-bond donors (Lipinski definition) is 2. The zero-order valence-electron chi connectivity index (χ0n) is 13.8. The zero-order chi connectivity index (χ0) is 17.1. The Morgan fingerprint density at radius 2 is 2.12 bits per heavy atom. The number of nitrogens with one attached hydrogen (secondary N) is 2. The molecule has 124 valence electrons. The summed E-state index contributed by atoms with van der Waals surface area (Å²) in [6, 6.07) is 9.41. The van der Waals surface area contributed by atoms with Gasteiger partial charge in [0.2, 0.25) is 11.8 Å². The third-order valence-corrected chi connectivity index (χ3v) is 4.04. The van der Waals surface area contributed by atoms with Crippen LogP contribution in [0, 0.1) is 6.92 Å². The molecule has 24 heavy (non-hydrogen) atoms. The normalized spacial score (nSPS) is 15.0. The molecule has 2 N–H and O–H groups in total. The maximum Gasteiger partial charge on any atom is 0.244 e. The Balaban J connectivity index is 1.64. The van der Waals surface area contributed by atoms with Crippen LogP contribution < -0.4 is 10.6 Å². The molecule has 0 saturated heterocycles. The SMILES string of the molecule is Cc1ccc(C=CC(=O)NC(C)c2ccc3c(c2)CCC(=O)N3)o1. The minimum Gasteiger partial charge on any atom is -0.462 e. The minimum atomic E-state index is -0.178. The van der Waals surface area contributed by atoms with Crippen molar-refractivity contribution >= 4 is 23.6 Å². The summed E-state index contributed by atoms with van der Waals surface area (Å²) in [4.78, 5) is 23.4. The topological polar surface area (TPSA) is 71.3 Å². The lowest BCUT2D eigenvalue weighted by atomic mass is 9.98. The van der Waals surface area contributed by atoms with Gasteiger partial charge in [0.25, 0.3) is 0 Å². The van der Waals surface area contributed by atoms with E-state index in [0.29, 0.717) is 12.2 Å². The van der Waals surface area contributed by atoms with Crippen molar-refractivity contribution < 1.29 is 14.0 Å². The highest BCUT2D eigenvalue weighted by atomic mass is 16.3. The van der Waals surface area contributed by atoms with E-state index in [0.717, 1.165) is 29.0 Å². The molecule has 1 aliphatic heterocycles. The second kappa shape index (κ2) is 6.74. The van der Waals surface area contributed by atoms with Gasteiger partial charge >= 0.3 is 0 Å². The molecular weight excluding hydrogens is 304 g/mol. The Hall–Kier alpha value is -2.82. The van der Waals surface area contributed by atoms with Crippen molar-refractivity contribution in [3.63, 3.8) is 0 Å². The lowest BCUT2D eigenvalue weighted by Gasteiger charge is -2.20. The summed E-state index contributed by atoms with van der Waals surface area (Å²) in [6.45, 7) is 3.80. The van der Waals surface area contributed by atoms with Crippen molar-refractivity contribution in [2.45, 2.75) is 32.7 Å². The minimum absolute atomic E-state index is 0.0508. The Morgan fingerprint density at radius 3 is 2.88 bits per heavy atom. The molecule has 5 nitrogen and oxygen atoms in total. The van der Waals surface area contributed by atoms with Gasteiger partial charge in [-0.3, -0.25) is 9.59 Å². The van der Waals surface area contributed by atoms with Crippen molar-refractivity contribution in [2.75, 3.05) is 5.32 Å². The quantitative estimate of drug-likeness (QED) is 0.847. The van der Waals surface area contributed by atoms with Crippen molar-refractivity contribution in [2.24, 2.45) is 0 Å². The summed E-state index contributed by atoms with van der Waals surface area (Å²) < 4.78 is 5.39. The van der Waals surface area contributed by atoms with Gasteiger partial charge in [0.05, 0.1) is 6.04 Å². The summed E-state index contributed by atoms with van der Waals surface area (Å²) in [5.74, 6) is 1.34. The molecule has 0 saturated carbocycles. The van der Waals surface area contributed by atoms with Crippen LogP contribution in [-0.2, 0) is 16.0 Å². The van der Waals surface area contributed by atoms with Gasteiger partial charge in [0.15, 0.2) is 0 Å². The Bertz CT molecular complexity index is 805. The van der Waals surface area contributed by atoms with E-state index in [1.807, 2.05) is 44.2 Å². The number of fused-ring (bicyclic) bond motifs is 1. The molecule has 0 aliphatic carbocycles. The largest absolute Gasteiger partial charge is 0.462 e. The molecule has 0 fully saturated rings. The number of amides is 2. The van der Waals surface area contributed by atoms with Gasteiger partial charge in [0.1, 0.15) is 11.5 Å². The summed E-state index contributed by atoms with van der Waals surface area (Å²) in [5, 5.41) is 5.79. The fraction of sp³-hybridized carbons (Fsp3) is 0.263. The molecule has 0 radical (unpaired) electrons. The average molecular weight is 324 g/mol. The molecule has 1 aromatic carbocycles. The van der Waals surface area contributed by atoms with E-state index in [2.05, 4.69) is 10.6 Å². The van der Waals surface area contributed by atoms with Crippen molar-refractivity contribution in [3.05, 3.63) is 59.1 Å². The highest BCUT2D eigenvalue weighted by molar-refractivity contribution is 5.94. The first-order valence-electron chi connectivity index (χ1n) is 7.99. The van der Waals surface area contributed by atoms with E-state index in [1.54, 1.807) is 6.08 Å². The maximum absolute atomic E-state index is 12.0. The Kier molecular flexibility index (Phi) is 4.51. The molecular formula is C19H20N2O3. The predicted molar refractivity (Wildman–Crippen MR) is 92.4 cm³/mol. The van der Waals surface area contributed by atoms with Crippen LogP contribution in [0.2, 0.25) is 0 Å². The number of hydrogen-bond acceptors (Lipinski definition) is 3. The van der Waals surface area contributed by atoms with Crippen molar-refractivity contribution in [3.8, 4) is 0 Å². The van der Waals surface area contributed by atoms with Gasteiger partial charge in [-0.05, 0) is 55.7 Å². The van der Waals surface area contributed by atoms with Crippen LogP contribution in [0.3, 0.4) is 0 Å². The van der Waals surface area contributed by atoms with Crippen LogP contribution in [0.4, 0.5) is 5.69 Å². The number of rotatable bonds is 4. The van der Waals surface area contributed by atoms with Crippen molar-refractivity contribution in [1.29, 1.82) is 0 Å². The number of furan rings is 1. The number of carbonyl (C=O) groups is 2. The molecule has 2 amide bonds. The number of anilines is 1. The molecule has 1 aromatic heterocycles. The first-order valence-corrected chi connectivity index (χ1v) is 7.99. The first kappa shape index (κ1) is 16.1. The van der Waals surface area contributed by atoms with Crippen LogP contribution >= 0.6 is 0 Å². The van der Waals surface area contributed by atoms with Gasteiger partial charge in [-0.1, -0.05) is 12.1 Å². The Labute approximate surface area is 140 Å². The van der Waals surface area contributed by atoms with Gasteiger partial charge in [0, 0.05) is 18.2 Å². The fourth-order valence-corrected chi connectivity index (χ4v) is 2.72. The molecule has 0 bridgehead atoms. The van der Waals surface area contributed by atoms with E-state index in [9.17, 15) is 9.59 Å². The summed E-state index contributed by atoms with van der Waals surface area (Å²) in [7, 11) is 0. The first-order chi connectivity index (χ1) is 11.5. The molecule has 0 spiro atoms. The molecule has 3 rings (SSSR count). The highest BCUT2D eigenvalue weighted by Gasteiger charge is 2.16. The van der Waals surface area contributed by atoms with E-state index in [4.69, 9.17) is 4.42 Å². The van der Waals surface area contributed by atoms with Crippen LogP contribution in [0.5, 0.6) is 0 Å². The van der Waals surface area contributed by atoms with Gasteiger partial charge in [-0.2, -0.15) is 0 Å². The van der Waals surface area contributed by atoms with E-state index in [1.165, 1.54) is 6.08 Å². The van der Waals surface area contributed by atoms with Gasteiger partial charge < -0.3 is 15.1 Å². The monoisotopic (exact) mass is 324 g/mol. The van der Waals surface area contributed by atoms with Crippen LogP contribution in [0.25, 0.3) is 6.08 Å². The zero-order valence-corrected chi connectivity index (χ0v) is 13.8. The average Bonchev–Trinajstić information content (AvgIpc) is 2.98. The van der Waals surface area contributed by atoms with Crippen LogP contribution in [0.15, 0.2) is 40.8 Å². The molecule has 1 aliphatic rings. The summed E-state index contributed by atoms with van der Waals surface area (Å²) >= 11 is 0.